The molecule has 0 radical (unpaired) electrons. The highest BCUT2D eigenvalue weighted by molar-refractivity contribution is 5.95. The van der Waals surface area contributed by atoms with E-state index in [-0.39, 0.29) is 29.4 Å². The number of carbonyl (C=O) groups is 2. The van der Waals surface area contributed by atoms with Gasteiger partial charge in [-0.05, 0) is 51.1 Å². The van der Waals surface area contributed by atoms with Crippen LogP contribution in [0, 0.1) is 6.92 Å². The number of hydrogen-bond donors (Lipinski definition) is 1. The molecule has 0 aliphatic rings. The van der Waals surface area contributed by atoms with E-state index < -0.39 is 41.0 Å². The Labute approximate surface area is 207 Å². The maximum absolute atomic E-state index is 13.2. The predicted molar refractivity (Wildman–Crippen MR) is 119 cm³/mol. The molecular weight excluding hydrogens is 506 g/mol. The Balaban J connectivity index is 1.90. The minimum Gasteiger partial charge on any atom is -0.342 e. The molecule has 0 bridgehead atoms. The first-order chi connectivity index (χ1) is 17.1. The normalized spacial score (nSPS) is 12.8. The summed E-state index contributed by atoms with van der Waals surface area (Å²) in [6.45, 7) is 5.28. The maximum Gasteiger partial charge on any atom is 0.416 e. The van der Waals surface area contributed by atoms with E-state index in [0.717, 1.165) is 0 Å². The molecule has 1 aromatic carbocycles. The molecule has 1 atom stereocenters. The van der Waals surface area contributed by atoms with E-state index in [0.29, 0.717) is 24.2 Å². The lowest BCUT2D eigenvalue weighted by Gasteiger charge is -2.17. The Bertz CT molecular complexity index is 1270. The van der Waals surface area contributed by atoms with Crippen LogP contribution in [-0.4, -0.2) is 50.1 Å². The Morgan fingerprint density at radius 3 is 2.11 bits per heavy atom. The molecule has 2 aromatic heterocycles. The van der Waals surface area contributed by atoms with E-state index in [4.69, 9.17) is 0 Å². The highest BCUT2D eigenvalue weighted by Gasteiger charge is 2.37. The molecule has 0 aliphatic heterocycles. The summed E-state index contributed by atoms with van der Waals surface area (Å²) < 4.78 is 80.2. The number of pyridine rings is 1. The molecule has 2 heterocycles. The Hall–Kier alpha value is -3.97. The molecule has 0 aliphatic carbocycles. The molecular formula is C23H22F6N6O2. The van der Waals surface area contributed by atoms with Crippen LogP contribution < -0.4 is 5.32 Å². The van der Waals surface area contributed by atoms with Crippen LogP contribution in [0.25, 0.3) is 5.82 Å². The number of hydrogen-bond acceptors (Lipinski definition) is 5. The van der Waals surface area contributed by atoms with Gasteiger partial charge in [-0.3, -0.25) is 9.59 Å². The van der Waals surface area contributed by atoms with Crippen molar-refractivity contribution in [2.75, 3.05) is 13.6 Å². The molecule has 198 valence electrons. The molecule has 37 heavy (non-hydrogen) atoms. The standard InChI is InChI=1S/C23H22F6N6O2/c1-5-34(4)21(37)14-6-7-18(30-11-14)35-19(32-13(3)33-35)12(2)31-20(36)15-8-16(22(24,25)26)10-17(9-15)23(27,28)29/h6-12H,5H2,1-4H3,(H,31,36)/t12-/m0/s1. The molecule has 3 aromatic rings. The Kier molecular flexibility index (Phi) is 7.60. The number of alkyl halides is 6. The van der Waals surface area contributed by atoms with Gasteiger partial charge >= 0.3 is 12.4 Å². The number of benzene rings is 1. The van der Waals surface area contributed by atoms with Crippen LogP contribution in [0.1, 0.15) is 63.4 Å². The summed E-state index contributed by atoms with van der Waals surface area (Å²) in [5.74, 6) is -0.816. The first kappa shape index (κ1) is 27.6. The van der Waals surface area contributed by atoms with E-state index in [9.17, 15) is 35.9 Å². The molecule has 2 amide bonds. The zero-order valence-electron chi connectivity index (χ0n) is 20.1. The number of rotatable bonds is 6. The molecule has 3 rings (SSSR count). The fourth-order valence-electron chi connectivity index (χ4n) is 3.31. The second kappa shape index (κ2) is 10.2. The third-order valence-electron chi connectivity index (χ3n) is 5.36. The number of aromatic nitrogens is 4. The third kappa shape index (κ3) is 6.24. The van der Waals surface area contributed by atoms with E-state index in [1.165, 1.54) is 34.8 Å². The molecule has 0 spiro atoms. The molecule has 0 saturated carbocycles. The summed E-state index contributed by atoms with van der Waals surface area (Å²) in [6, 6.07) is 2.65. The number of nitrogens with zero attached hydrogens (tertiary/aromatic N) is 5. The van der Waals surface area contributed by atoms with Gasteiger partial charge in [0, 0.05) is 25.4 Å². The van der Waals surface area contributed by atoms with Crippen LogP contribution in [-0.2, 0) is 12.4 Å². The highest BCUT2D eigenvalue weighted by atomic mass is 19.4. The summed E-state index contributed by atoms with van der Waals surface area (Å²) in [6.07, 6.45) is -8.86. The van der Waals surface area contributed by atoms with Crippen molar-refractivity contribution in [2.45, 2.75) is 39.2 Å². The van der Waals surface area contributed by atoms with Crippen LogP contribution in [0.4, 0.5) is 26.3 Å². The van der Waals surface area contributed by atoms with Crippen molar-refractivity contribution in [1.29, 1.82) is 0 Å². The van der Waals surface area contributed by atoms with E-state index in [1.807, 2.05) is 6.92 Å². The summed E-state index contributed by atoms with van der Waals surface area (Å²) in [7, 11) is 1.63. The molecule has 0 unspecified atom stereocenters. The zero-order valence-corrected chi connectivity index (χ0v) is 20.1. The Morgan fingerprint density at radius 2 is 1.62 bits per heavy atom. The lowest BCUT2D eigenvalue weighted by molar-refractivity contribution is -0.143. The topological polar surface area (TPSA) is 93.0 Å². The molecule has 1 N–H and O–H groups in total. The summed E-state index contributed by atoms with van der Waals surface area (Å²) in [5, 5.41) is 6.56. The van der Waals surface area contributed by atoms with Crippen LogP contribution in [0.3, 0.4) is 0 Å². The van der Waals surface area contributed by atoms with E-state index >= 15 is 0 Å². The summed E-state index contributed by atoms with van der Waals surface area (Å²) >= 11 is 0. The third-order valence-corrected chi connectivity index (χ3v) is 5.36. The van der Waals surface area contributed by atoms with Crippen molar-refractivity contribution in [3.8, 4) is 5.82 Å². The minimum atomic E-state index is -5.09. The van der Waals surface area contributed by atoms with Gasteiger partial charge in [-0.2, -0.15) is 31.0 Å². The van der Waals surface area contributed by atoms with Crippen molar-refractivity contribution >= 4 is 11.8 Å². The minimum absolute atomic E-state index is 0.0570. The molecule has 0 fully saturated rings. The van der Waals surface area contributed by atoms with Gasteiger partial charge in [0.2, 0.25) is 0 Å². The zero-order chi connectivity index (χ0) is 27.7. The average molecular weight is 528 g/mol. The first-order valence-corrected chi connectivity index (χ1v) is 10.9. The molecule has 8 nitrogen and oxygen atoms in total. The van der Waals surface area contributed by atoms with Gasteiger partial charge in [0.15, 0.2) is 11.6 Å². The van der Waals surface area contributed by atoms with E-state index in [2.05, 4.69) is 20.4 Å². The van der Waals surface area contributed by atoms with Crippen molar-refractivity contribution in [1.82, 2.24) is 30.0 Å². The number of amides is 2. The van der Waals surface area contributed by atoms with Gasteiger partial charge in [0.1, 0.15) is 5.82 Å². The largest absolute Gasteiger partial charge is 0.416 e. The highest BCUT2D eigenvalue weighted by Crippen LogP contribution is 2.36. The van der Waals surface area contributed by atoms with Crippen LogP contribution in [0.15, 0.2) is 36.5 Å². The fraction of sp³-hybridized carbons (Fsp3) is 0.348. The number of halogens is 6. The second-order valence-corrected chi connectivity index (χ2v) is 8.14. The van der Waals surface area contributed by atoms with Gasteiger partial charge in [-0.1, -0.05) is 0 Å². The van der Waals surface area contributed by atoms with Gasteiger partial charge in [0.05, 0.1) is 22.7 Å². The summed E-state index contributed by atoms with van der Waals surface area (Å²) in [4.78, 5) is 34.9. The van der Waals surface area contributed by atoms with Crippen molar-refractivity contribution in [2.24, 2.45) is 0 Å². The molecule has 14 heteroatoms. The average Bonchev–Trinajstić information content (AvgIpc) is 3.23. The molecule has 0 saturated heterocycles. The van der Waals surface area contributed by atoms with Gasteiger partial charge in [-0.15, -0.1) is 5.10 Å². The van der Waals surface area contributed by atoms with Crippen molar-refractivity contribution in [3.63, 3.8) is 0 Å². The maximum atomic E-state index is 13.2. The SMILES string of the molecule is CCN(C)C(=O)c1ccc(-n2nc(C)nc2[C@H](C)NC(=O)c2cc(C(F)(F)F)cc(C(F)(F)F)c2)nc1. The van der Waals surface area contributed by atoms with Gasteiger partial charge < -0.3 is 10.2 Å². The van der Waals surface area contributed by atoms with Crippen LogP contribution in [0.2, 0.25) is 0 Å². The summed E-state index contributed by atoms with van der Waals surface area (Å²) in [5.41, 5.74) is -3.71. The lowest BCUT2D eigenvalue weighted by Crippen LogP contribution is -2.29. The van der Waals surface area contributed by atoms with Crippen molar-refractivity contribution < 1.29 is 35.9 Å². The van der Waals surface area contributed by atoms with Crippen molar-refractivity contribution in [3.05, 3.63) is 70.4 Å². The lowest BCUT2D eigenvalue weighted by atomic mass is 10.0. The van der Waals surface area contributed by atoms with Crippen LogP contribution in [0.5, 0.6) is 0 Å². The first-order valence-electron chi connectivity index (χ1n) is 10.9. The quantitative estimate of drug-likeness (QED) is 0.473. The number of aryl methyl sites for hydroxylation is 1. The number of carbonyl (C=O) groups excluding carboxylic acids is 2. The fourth-order valence-corrected chi connectivity index (χ4v) is 3.31. The van der Waals surface area contributed by atoms with Gasteiger partial charge in [0.25, 0.3) is 11.8 Å². The second-order valence-electron chi connectivity index (χ2n) is 8.14. The number of nitrogens with one attached hydrogen (secondary N) is 1. The predicted octanol–water partition coefficient (Wildman–Crippen LogP) is 4.59. The van der Waals surface area contributed by atoms with Gasteiger partial charge in [-0.25, -0.2) is 9.97 Å². The van der Waals surface area contributed by atoms with Crippen LogP contribution >= 0.6 is 0 Å². The smallest absolute Gasteiger partial charge is 0.342 e. The van der Waals surface area contributed by atoms with E-state index in [1.54, 1.807) is 14.0 Å². The Morgan fingerprint density at radius 1 is 1.03 bits per heavy atom. The monoisotopic (exact) mass is 528 g/mol.